The average Bonchev–Trinajstić information content (AvgIpc) is 3.08. The zero-order valence-electron chi connectivity index (χ0n) is 14.1. The summed E-state index contributed by atoms with van der Waals surface area (Å²) in [6, 6.07) is 4.92. The van der Waals surface area contributed by atoms with Crippen LogP contribution < -0.4 is 10.0 Å². The molecular weight excluding hydrogens is 360 g/mol. The molecule has 2 heterocycles. The molecule has 0 spiro atoms. The molecule has 0 bridgehead atoms. The van der Waals surface area contributed by atoms with Crippen molar-refractivity contribution in [2.75, 3.05) is 19.9 Å². The molecule has 1 aromatic carbocycles. The van der Waals surface area contributed by atoms with E-state index >= 15 is 0 Å². The Morgan fingerprint density at radius 1 is 1.28 bits per heavy atom. The van der Waals surface area contributed by atoms with Crippen LogP contribution in [-0.2, 0) is 10.0 Å². The maximum Gasteiger partial charge on any atom is 0.266 e. The van der Waals surface area contributed by atoms with Crippen molar-refractivity contribution in [2.45, 2.75) is 37.5 Å². The van der Waals surface area contributed by atoms with Gasteiger partial charge >= 0.3 is 0 Å². The first-order chi connectivity index (χ1) is 12.1. The monoisotopic (exact) mass is 382 g/mol. The maximum absolute atomic E-state index is 12.6. The fourth-order valence-corrected chi connectivity index (χ4v) is 4.40. The van der Waals surface area contributed by atoms with Gasteiger partial charge in [0.25, 0.3) is 10.0 Å². The lowest BCUT2D eigenvalue weighted by molar-refractivity contribution is 0.257. The highest BCUT2D eigenvalue weighted by molar-refractivity contribution is 7.90. The number of guanidine groups is 1. The van der Waals surface area contributed by atoms with Gasteiger partial charge in [-0.3, -0.25) is 4.90 Å². The van der Waals surface area contributed by atoms with Crippen molar-refractivity contribution in [1.82, 2.24) is 23.7 Å². The molecule has 0 saturated carbocycles. The second kappa shape index (κ2) is 8.07. The van der Waals surface area contributed by atoms with Crippen molar-refractivity contribution in [2.24, 2.45) is 4.99 Å². The molecule has 0 saturated heterocycles. The smallest absolute Gasteiger partial charge is 0.266 e. The van der Waals surface area contributed by atoms with Crippen LogP contribution in [0.25, 0.3) is 11.0 Å². The summed E-state index contributed by atoms with van der Waals surface area (Å²) in [4.78, 5) is 6.56. The number of fused-ring (bicyclic) bond motifs is 1. The van der Waals surface area contributed by atoms with Gasteiger partial charge in [-0.25, -0.2) is 18.1 Å². The van der Waals surface area contributed by atoms with E-state index in [1.165, 1.54) is 25.3 Å². The number of nitrogens with one attached hydrogen (secondary N) is 2. The molecule has 8 nitrogen and oxygen atoms in total. The highest BCUT2D eigenvalue weighted by Gasteiger charge is 2.22. The summed E-state index contributed by atoms with van der Waals surface area (Å²) in [6.07, 6.45) is 4.79. The molecule has 0 amide bonds. The summed E-state index contributed by atoms with van der Waals surface area (Å²) in [5, 5.41) is 3.03. The lowest BCUT2D eigenvalue weighted by atomic mass is 10.2. The van der Waals surface area contributed by atoms with Gasteiger partial charge in [-0.1, -0.05) is 32.3 Å². The third-order valence-electron chi connectivity index (χ3n) is 4.00. The second-order valence-corrected chi connectivity index (χ2v) is 8.11. The molecule has 1 aromatic heterocycles. The summed E-state index contributed by atoms with van der Waals surface area (Å²) in [5.74, 6) is 0.269. The van der Waals surface area contributed by atoms with Gasteiger partial charge in [-0.15, -0.1) is 0 Å². The van der Waals surface area contributed by atoms with Crippen molar-refractivity contribution in [3.8, 4) is 0 Å². The molecule has 25 heavy (non-hydrogen) atoms. The Morgan fingerprint density at radius 3 is 2.92 bits per heavy atom. The summed E-state index contributed by atoms with van der Waals surface area (Å²) in [7, 11) is -3.76. The van der Waals surface area contributed by atoms with Crippen LogP contribution in [0.3, 0.4) is 0 Å². The van der Waals surface area contributed by atoms with E-state index < -0.39 is 10.0 Å². The SMILES string of the molecule is CCCCCCN1CN=C(NS(=O)(=O)c2cccc3nsnc23)NC1. The van der Waals surface area contributed by atoms with Crippen molar-refractivity contribution in [1.29, 1.82) is 0 Å². The normalized spacial score (nSPS) is 15.8. The van der Waals surface area contributed by atoms with E-state index in [-0.39, 0.29) is 10.9 Å². The topological polar surface area (TPSA) is 99.6 Å². The van der Waals surface area contributed by atoms with Crippen molar-refractivity contribution >= 4 is 38.7 Å². The van der Waals surface area contributed by atoms with Gasteiger partial charge < -0.3 is 5.32 Å². The van der Waals surface area contributed by atoms with Gasteiger partial charge in [0, 0.05) is 6.54 Å². The van der Waals surface area contributed by atoms with Crippen LogP contribution >= 0.6 is 11.7 Å². The fraction of sp³-hybridized carbons (Fsp3) is 0.533. The second-order valence-electron chi connectivity index (χ2n) is 5.93. The Balaban J connectivity index is 1.62. The summed E-state index contributed by atoms with van der Waals surface area (Å²) >= 11 is 0.996. The first-order valence-corrected chi connectivity index (χ1v) is 10.6. The Kier molecular flexibility index (Phi) is 5.82. The lowest BCUT2D eigenvalue weighted by Gasteiger charge is -2.26. The number of hydrogen-bond acceptors (Lipinski definition) is 8. The van der Waals surface area contributed by atoms with Gasteiger partial charge in [0.1, 0.15) is 15.9 Å². The molecule has 0 atom stereocenters. The lowest BCUT2D eigenvalue weighted by Crippen LogP contribution is -2.50. The van der Waals surface area contributed by atoms with E-state index in [4.69, 9.17) is 0 Å². The predicted molar refractivity (Wildman–Crippen MR) is 98.9 cm³/mol. The minimum atomic E-state index is -3.76. The third-order valence-corrected chi connectivity index (χ3v) is 5.91. The highest BCUT2D eigenvalue weighted by atomic mass is 32.2. The first-order valence-electron chi connectivity index (χ1n) is 8.35. The van der Waals surface area contributed by atoms with Crippen LogP contribution in [-0.4, -0.2) is 47.9 Å². The van der Waals surface area contributed by atoms with E-state index in [1.54, 1.807) is 12.1 Å². The number of benzene rings is 1. The largest absolute Gasteiger partial charge is 0.343 e. The van der Waals surface area contributed by atoms with Gasteiger partial charge in [0.05, 0.1) is 25.1 Å². The molecule has 0 aliphatic carbocycles. The van der Waals surface area contributed by atoms with Crippen LogP contribution in [0.5, 0.6) is 0 Å². The van der Waals surface area contributed by atoms with Gasteiger partial charge in [-0.2, -0.15) is 8.75 Å². The van der Waals surface area contributed by atoms with E-state index in [1.807, 2.05) is 0 Å². The van der Waals surface area contributed by atoms with Crippen LogP contribution in [0.15, 0.2) is 28.1 Å². The highest BCUT2D eigenvalue weighted by Crippen LogP contribution is 2.20. The van der Waals surface area contributed by atoms with E-state index in [0.29, 0.717) is 24.4 Å². The maximum atomic E-state index is 12.6. The molecule has 136 valence electrons. The van der Waals surface area contributed by atoms with Crippen LogP contribution in [0.4, 0.5) is 0 Å². The third kappa shape index (κ3) is 4.44. The molecule has 2 aromatic rings. The number of aliphatic imine (C=N–C) groups is 1. The quantitative estimate of drug-likeness (QED) is 0.708. The summed E-state index contributed by atoms with van der Waals surface area (Å²) < 4.78 is 35.9. The minimum Gasteiger partial charge on any atom is -0.343 e. The fourth-order valence-electron chi connectivity index (χ4n) is 2.62. The Bertz CT molecular complexity index is 849. The van der Waals surface area contributed by atoms with Crippen LogP contribution in [0.2, 0.25) is 0 Å². The number of unbranched alkanes of at least 4 members (excludes halogenated alkanes) is 3. The Labute approximate surface area is 151 Å². The minimum absolute atomic E-state index is 0.116. The number of nitrogens with zero attached hydrogens (tertiary/aromatic N) is 4. The molecule has 0 radical (unpaired) electrons. The number of sulfonamides is 1. The molecule has 2 N–H and O–H groups in total. The molecule has 1 aliphatic heterocycles. The van der Waals surface area contributed by atoms with Gasteiger partial charge in [-0.05, 0) is 18.6 Å². The number of hydrogen-bond donors (Lipinski definition) is 2. The Morgan fingerprint density at radius 2 is 2.16 bits per heavy atom. The molecule has 0 unspecified atom stereocenters. The van der Waals surface area contributed by atoms with Crippen molar-refractivity contribution < 1.29 is 8.42 Å². The average molecular weight is 383 g/mol. The predicted octanol–water partition coefficient (Wildman–Crippen LogP) is 1.73. The van der Waals surface area contributed by atoms with E-state index in [2.05, 4.69) is 35.6 Å². The van der Waals surface area contributed by atoms with Crippen molar-refractivity contribution in [3.05, 3.63) is 18.2 Å². The zero-order valence-corrected chi connectivity index (χ0v) is 15.7. The molecule has 10 heteroatoms. The zero-order chi connectivity index (χ0) is 17.7. The standard InChI is InChI=1S/C15H22N6O2S2/c1-2-3-4-5-9-21-10-16-15(17-11-21)20-25(22,23)13-8-6-7-12-14(13)19-24-18-12/h6-8H,2-5,9-11H2,1H3,(H2,16,17,20). The Hall–Kier alpha value is -1.78. The molecular formula is C15H22N6O2S2. The van der Waals surface area contributed by atoms with Crippen LogP contribution in [0.1, 0.15) is 32.6 Å². The van der Waals surface area contributed by atoms with E-state index in [9.17, 15) is 8.42 Å². The number of rotatable bonds is 7. The van der Waals surface area contributed by atoms with Gasteiger partial charge in [0.2, 0.25) is 5.96 Å². The summed E-state index contributed by atoms with van der Waals surface area (Å²) in [6.45, 7) is 4.21. The van der Waals surface area contributed by atoms with Crippen LogP contribution in [0, 0.1) is 0 Å². The van der Waals surface area contributed by atoms with Crippen molar-refractivity contribution in [3.63, 3.8) is 0 Å². The molecule has 3 rings (SSSR count). The number of aromatic nitrogens is 2. The van der Waals surface area contributed by atoms with Gasteiger partial charge in [0.15, 0.2) is 0 Å². The first kappa shape index (κ1) is 18.0. The summed E-state index contributed by atoms with van der Waals surface area (Å²) in [5.41, 5.74) is 0.957. The molecule has 0 fully saturated rings. The van der Waals surface area contributed by atoms with E-state index in [0.717, 1.165) is 24.7 Å². The molecule has 1 aliphatic rings.